The molecule has 1 unspecified atom stereocenters. The third-order valence-corrected chi connectivity index (χ3v) is 3.37. The molecule has 0 aliphatic carbocycles. The lowest BCUT2D eigenvalue weighted by molar-refractivity contribution is 0.229. The first-order chi connectivity index (χ1) is 6.04. The van der Waals surface area contributed by atoms with E-state index in [1.165, 1.54) is 26.1 Å². The van der Waals surface area contributed by atoms with Gasteiger partial charge in [-0.1, -0.05) is 20.8 Å². The van der Waals surface area contributed by atoms with Crippen LogP contribution >= 0.6 is 11.6 Å². The fourth-order valence-corrected chi connectivity index (χ4v) is 2.15. The van der Waals surface area contributed by atoms with E-state index in [1.54, 1.807) is 0 Å². The standard InChI is InChI=1S/C11H22ClN/c1-11(2,3)10-5-8-13(9-10)7-4-6-12/h10H,4-9H2,1-3H3. The molecule has 1 aliphatic rings. The molecule has 2 heteroatoms. The lowest BCUT2D eigenvalue weighted by Gasteiger charge is -2.27. The van der Waals surface area contributed by atoms with Crippen molar-refractivity contribution in [2.75, 3.05) is 25.5 Å². The molecule has 0 amide bonds. The highest BCUT2D eigenvalue weighted by Crippen LogP contribution is 2.33. The molecule has 1 fully saturated rings. The Bertz CT molecular complexity index is 151. The molecule has 1 nitrogen and oxygen atoms in total. The van der Waals surface area contributed by atoms with Crippen LogP contribution in [0.1, 0.15) is 33.6 Å². The molecule has 0 aromatic rings. The molecule has 0 bridgehead atoms. The molecule has 0 radical (unpaired) electrons. The summed E-state index contributed by atoms with van der Waals surface area (Å²) in [4.78, 5) is 2.55. The van der Waals surface area contributed by atoms with Gasteiger partial charge in [0.25, 0.3) is 0 Å². The van der Waals surface area contributed by atoms with Crippen LogP contribution in [0, 0.1) is 11.3 Å². The number of nitrogens with zero attached hydrogens (tertiary/aromatic N) is 1. The highest BCUT2D eigenvalue weighted by Gasteiger charge is 2.31. The fraction of sp³-hybridized carbons (Fsp3) is 1.00. The van der Waals surface area contributed by atoms with Gasteiger partial charge in [0.1, 0.15) is 0 Å². The molecule has 0 N–H and O–H groups in total. The predicted molar refractivity (Wildman–Crippen MR) is 59.3 cm³/mol. The zero-order valence-electron chi connectivity index (χ0n) is 9.15. The van der Waals surface area contributed by atoms with Crippen molar-refractivity contribution >= 4 is 11.6 Å². The summed E-state index contributed by atoms with van der Waals surface area (Å²) >= 11 is 5.68. The Morgan fingerprint density at radius 3 is 2.54 bits per heavy atom. The van der Waals surface area contributed by atoms with Crippen molar-refractivity contribution < 1.29 is 0 Å². The monoisotopic (exact) mass is 203 g/mol. The Balaban J connectivity index is 2.28. The van der Waals surface area contributed by atoms with Crippen molar-refractivity contribution in [3.05, 3.63) is 0 Å². The Morgan fingerprint density at radius 1 is 1.38 bits per heavy atom. The van der Waals surface area contributed by atoms with Crippen LogP contribution in [0.3, 0.4) is 0 Å². The van der Waals surface area contributed by atoms with E-state index in [-0.39, 0.29) is 0 Å². The van der Waals surface area contributed by atoms with Crippen molar-refractivity contribution in [2.24, 2.45) is 11.3 Å². The van der Waals surface area contributed by atoms with E-state index in [4.69, 9.17) is 11.6 Å². The van der Waals surface area contributed by atoms with Crippen molar-refractivity contribution in [1.82, 2.24) is 4.90 Å². The first kappa shape index (κ1) is 11.3. The molecule has 78 valence electrons. The summed E-state index contributed by atoms with van der Waals surface area (Å²) in [5.74, 6) is 1.68. The van der Waals surface area contributed by atoms with E-state index >= 15 is 0 Å². The maximum atomic E-state index is 5.68. The largest absolute Gasteiger partial charge is 0.303 e. The zero-order chi connectivity index (χ0) is 9.90. The van der Waals surface area contributed by atoms with Crippen molar-refractivity contribution in [1.29, 1.82) is 0 Å². The number of hydrogen-bond acceptors (Lipinski definition) is 1. The van der Waals surface area contributed by atoms with Gasteiger partial charge in [-0.3, -0.25) is 0 Å². The van der Waals surface area contributed by atoms with E-state index in [9.17, 15) is 0 Å². The van der Waals surface area contributed by atoms with E-state index in [2.05, 4.69) is 25.7 Å². The molecule has 1 saturated heterocycles. The van der Waals surface area contributed by atoms with Crippen LogP contribution < -0.4 is 0 Å². The van der Waals surface area contributed by atoms with Gasteiger partial charge < -0.3 is 4.90 Å². The zero-order valence-corrected chi connectivity index (χ0v) is 9.90. The van der Waals surface area contributed by atoms with E-state index in [1.807, 2.05) is 0 Å². The summed E-state index contributed by atoms with van der Waals surface area (Å²) in [6.45, 7) is 10.8. The molecular formula is C11H22ClN. The molecule has 0 saturated carbocycles. The van der Waals surface area contributed by atoms with Crippen molar-refractivity contribution in [2.45, 2.75) is 33.6 Å². The summed E-state index contributed by atoms with van der Waals surface area (Å²) in [6.07, 6.45) is 2.50. The van der Waals surface area contributed by atoms with E-state index in [0.29, 0.717) is 5.41 Å². The average molecular weight is 204 g/mol. The Labute approximate surface area is 87.4 Å². The minimum atomic E-state index is 0.482. The minimum absolute atomic E-state index is 0.482. The van der Waals surface area contributed by atoms with Crippen LogP contribution in [0.4, 0.5) is 0 Å². The Morgan fingerprint density at radius 2 is 2.08 bits per heavy atom. The van der Waals surface area contributed by atoms with Crippen LogP contribution in [-0.4, -0.2) is 30.4 Å². The summed E-state index contributed by atoms with van der Waals surface area (Å²) < 4.78 is 0. The lowest BCUT2D eigenvalue weighted by Crippen LogP contribution is -2.26. The highest BCUT2D eigenvalue weighted by atomic mass is 35.5. The second-order valence-corrected chi connectivity index (χ2v) is 5.57. The number of halogens is 1. The van der Waals surface area contributed by atoms with Crippen molar-refractivity contribution in [3.8, 4) is 0 Å². The third-order valence-electron chi connectivity index (χ3n) is 3.11. The summed E-state index contributed by atoms with van der Waals surface area (Å²) in [7, 11) is 0. The smallest absolute Gasteiger partial charge is 0.0235 e. The van der Waals surface area contributed by atoms with Gasteiger partial charge in [-0.25, -0.2) is 0 Å². The quantitative estimate of drug-likeness (QED) is 0.638. The normalized spacial score (nSPS) is 25.4. The molecular weight excluding hydrogens is 182 g/mol. The van der Waals surface area contributed by atoms with Gasteiger partial charge in [-0.05, 0) is 37.3 Å². The Hall–Kier alpha value is 0.250. The maximum absolute atomic E-state index is 5.68. The molecule has 1 heterocycles. The van der Waals surface area contributed by atoms with Crippen LogP contribution in [0.15, 0.2) is 0 Å². The van der Waals surface area contributed by atoms with Gasteiger partial charge in [0.15, 0.2) is 0 Å². The minimum Gasteiger partial charge on any atom is -0.303 e. The first-order valence-corrected chi connectivity index (χ1v) is 5.86. The molecule has 1 rings (SSSR count). The van der Waals surface area contributed by atoms with Gasteiger partial charge in [0, 0.05) is 12.4 Å². The van der Waals surface area contributed by atoms with Gasteiger partial charge in [-0.2, -0.15) is 0 Å². The molecule has 0 aromatic carbocycles. The summed E-state index contributed by atoms with van der Waals surface area (Å²) in [5, 5.41) is 0. The fourth-order valence-electron chi connectivity index (χ4n) is 2.03. The van der Waals surface area contributed by atoms with Gasteiger partial charge >= 0.3 is 0 Å². The molecule has 13 heavy (non-hydrogen) atoms. The lowest BCUT2D eigenvalue weighted by atomic mass is 9.80. The number of rotatable bonds is 3. The second kappa shape index (κ2) is 4.65. The highest BCUT2D eigenvalue weighted by molar-refractivity contribution is 6.17. The summed E-state index contributed by atoms with van der Waals surface area (Å²) in [5.41, 5.74) is 0.482. The van der Waals surface area contributed by atoms with Crippen LogP contribution in [0.2, 0.25) is 0 Å². The van der Waals surface area contributed by atoms with Crippen molar-refractivity contribution in [3.63, 3.8) is 0 Å². The number of alkyl halides is 1. The van der Waals surface area contributed by atoms with E-state index in [0.717, 1.165) is 18.2 Å². The molecule has 0 spiro atoms. The molecule has 1 aliphatic heterocycles. The molecule has 1 atom stereocenters. The van der Waals surface area contributed by atoms with E-state index < -0.39 is 0 Å². The van der Waals surface area contributed by atoms with Crippen LogP contribution in [0.5, 0.6) is 0 Å². The maximum Gasteiger partial charge on any atom is 0.0235 e. The van der Waals surface area contributed by atoms with Crippen LogP contribution in [-0.2, 0) is 0 Å². The van der Waals surface area contributed by atoms with Gasteiger partial charge in [0.05, 0.1) is 0 Å². The number of likely N-dealkylation sites (tertiary alicyclic amines) is 1. The first-order valence-electron chi connectivity index (χ1n) is 5.32. The van der Waals surface area contributed by atoms with Gasteiger partial charge in [0.2, 0.25) is 0 Å². The SMILES string of the molecule is CC(C)(C)C1CCN(CCCCl)C1. The van der Waals surface area contributed by atoms with Gasteiger partial charge in [-0.15, -0.1) is 11.6 Å². The summed E-state index contributed by atoms with van der Waals surface area (Å²) in [6, 6.07) is 0. The Kier molecular flexibility index (Phi) is 4.06. The second-order valence-electron chi connectivity index (χ2n) is 5.19. The molecule has 0 aromatic heterocycles. The topological polar surface area (TPSA) is 3.24 Å². The van der Waals surface area contributed by atoms with Crippen LogP contribution in [0.25, 0.3) is 0 Å². The average Bonchev–Trinajstić information content (AvgIpc) is 2.47. The number of hydrogen-bond donors (Lipinski definition) is 0. The predicted octanol–water partition coefficient (Wildman–Crippen LogP) is 2.98. The third kappa shape index (κ3) is 3.47.